The summed E-state index contributed by atoms with van der Waals surface area (Å²) in [5, 5.41) is 8.90. The average Bonchev–Trinajstić information content (AvgIpc) is 3.14. The number of rotatable bonds is 5. The summed E-state index contributed by atoms with van der Waals surface area (Å²) < 4.78 is 13.0. The van der Waals surface area contributed by atoms with Crippen molar-refractivity contribution in [3.63, 3.8) is 0 Å². The highest BCUT2D eigenvalue weighted by atomic mass is 19.1. The smallest absolute Gasteiger partial charge is 0.255 e. The lowest BCUT2D eigenvalue weighted by atomic mass is 10.1. The molecular weight excluding hydrogens is 321 g/mol. The lowest BCUT2D eigenvalue weighted by Gasteiger charge is -2.13. The van der Waals surface area contributed by atoms with Crippen molar-refractivity contribution in [2.75, 3.05) is 25.0 Å². The molecule has 3 N–H and O–H groups in total. The standard InChI is InChI=1S/C19H20FN3O2/c20-15-7-5-14(6-8-15)18(24)23-17-4-2-1-3-16(17)19(25)22-12-13-9-10-21-11-13/h1-8,13,21H,9-12H2,(H,22,25)(H,23,24). The van der Waals surface area contributed by atoms with Crippen LogP contribution in [-0.2, 0) is 0 Å². The monoisotopic (exact) mass is 341 g/mol. The number of hydrogen-bond acceptors (Lipinski definition) is 3. The van der Waals surface area contributed by atoms with Crippen molar-refractivity contribution in [2.24, 2.45) is 5.92 Å². The zero-order valence-corrected chi connectivity index (χ0v) is 13.7. The molecule has 0 radical (unpaired) electrons. The van der Waals surface area contributed by atoms with Gasteiger partial charge in [0.1, 0.15) is 5.82 Å². The van der Waals surface area contributed by atoms with Crippen molar-refractivity contribution < 1.29 is 14.0 Å². The second-order valence-corrected chi connectivity index (χ2v) is 6.08. The van der Waals surface area contributed by atoms with Gasteiger partial charge in [-0.25, -0.2) is 4.39 Å². The SMILES string of the molecule is O=C(Nc1ccccc1C(=O)NCC1CCNC1)c1ccc(F)cc1. The van der Waals surface area contributed by atoms with E-state index < -0.39 is 5.82 Å². The van der Waals surface area contributed by atoms with Gasteiger partial charge in [-0.05, 0) is 61.8 Å². The maximum Gasteiger partial charge on any atom is 0.255 e. The van der Waals surface area contributed by atoms with E-state index in [1.165, 1.54) is 24.3 Å². The van der Waals surface area contributed by atoms with Crippen LogP contribution in [0.4, 0.5) is 10.1 Å². The van der Waals surface area contributed by atoms with Crippen LogP contribution < -0.4 is 16.0 Å². The molecule has 5 nitrogen and oxygen atoms in total. The summed E-state index contributed by atoms with van der Waals surface area (Å²) in [6.45, 7) is 2.49. The molecule has 1 aliphatic rings. The van der Waals surface area contributed by atoms with Crippen LogP contribution in [0.1, 0.15) is 27.1 Å². The first-order valence-corrected chi connectivity index (χ1v) is 8.28. The van der Waals surface area contributed by atoms with Crippen LogP contribution in [0.25, 0.3) is 0 Å². The molecule has 25 heavy (non-hydrogen) atoms. The second kappa shape index (κ2) is 7.90. The second-order valence-electron chi connectivity index (χ2n) is 6.08. The summed E-state index contributed by atoms with van der Waals surface area (Å²) in [6, 6.07) is 12.1. The van der Waals surface area contributed by atoms with E-state index in [9.17, 15) is 14.0 Å². The minimum absolute atomic E-state index is 0.220. The van der Waals surface area contributed by atoms with Crippen LogP contribution in [0.15, 0.2) is 48.5 Å². The molecule has 2 aromatic carbocycles. The van der Waals surface area contributed by atoms with Gasteiger partial charge in [-0.15, -0.1) is 0 Å². The number of carbonyl (C=O) groups excluding carboxylic acids is 2. The normalized spacial score (nSPS) is 16.4. The Labute approximate surface area is 145 Å². The molecule has 0 aliphatic carbocycles. The number of amides is 2. The largest absolute Gasteiger partial charge is 0.352 e. The summed E-state index contributed by atoms with van der Waals surface area (Å²) in [5.74, 6) is -0.579. The Kier molecular flexibility index (Phi) is 5.40. The van der Waals surface area contributed by atoms with Crippen LogP contribution in [0, 0.1) is 11.7 Å². The van der Waals surface area contributed by atoms with Crippen LogP contribution in [-0.4, -0.2) is 31.4 Å². The van der Waals surface area contributed by atoms with E-state index in [1.807, 2.05) is 0 Å². The van der Waals surface area contributed by atoms with E-state index in [2.05, 4.69) is 16.0 Å². The lowest BCUT2D eigenvalue weighted by molar-refractivity contribution is 0.0949. The Morgan fingerprint density at radius 2 is 1.84 bits per heavy atom. The van der Waals surface area contributed by atoms with E-state index in [0.29, 0.717) is 29.3 Å². The molecule has 0 bridgehead atoms. The average molecular weight is 341 g/mol. The van der Waals surface area contributed by atoms with Crippen molar-refractivity contribution in [1.29, 1.82) is 0 Å². The van der Waals surface area contributed by atoms with Crippen molar-refractivity contribution in [2.45, 2.75) is 6.42 Å². The highest BCUT2D eigenvalue weighted by Crippen LogP contribution is 2.17. The van der Waals surface area contributed by atoms with E-state index in [4.69, 9.17) is 0 Å². The quantitative estimate of drug-likeness (QED) is 0.782. The number of benzene rings is 2. The maximum atomic E-state index is 13.0. The number of nitrogens with one attached hydrogen (secondary N) is 3. The predicted molar refractivity (Wildman–Crippen MR) is 94.1 cm³/mol. The summed E-state index contributed by atoms with van der Waals surface area (Å²) >= 11 is 0. The fraction of sp³-hybridized carbons (Fsp3) is 0.263. The van der Waals surface area contributed by atoms with Gasteiger partial charge in [0.2, 0.25) is 0 Å². The summed E-state index contributed by atoms with van der Waals surface area (Å²) in [6.07, 6.45) is 1.04. The van der Waals surface area contributed by atoms with E-state index >= 15 is 0 Å². The molecule has 1 saturated heterocycles. The van der Waals surface area contributed by atoms with Gasteiger partial charge < -0.3 is 16.0 Å². The first-order chi connectivity index (χ1) is 12.1. The van der Waals surface area contributed by atoms with Gasteiger partial charge in [0, 0.05) is 12.1 Å². The number of hydrogen-bond donors (Lipinski definition) is 3. The lowest BCUT2D eigenvalue weighted by Crippen LogP contribution is -2.31. The third-order valence-corrected chi connectivity index (χ3v) is 4.24. The number of anilines is 1. The number of para-hydroxylation sites is 1. The van der Waals surface area contributed by atoms with Crippen LogP contribution >= 0.6 is 0 Å². The fourth-order valence-electron chi connectivity index (χ4n) is 2.81. The maximum absolute atomic E-state index is 13.0. The van der Waals surface area contributed by atoms with Gasteiger partial charge in [0.25, 0.3) is 11.8 Å². The zero-order chi connectivity index (χ0) is 17.6. The highest BCUT2D eigenvalue weighted by molar-refractivity contribution is 6.08. The third-order valence-electron chi connectivity index (χ3n) is 4.24. The number of carbonyl (C=O) groups is 2. The molecule has 2 aromatic rings. The topological polar surface area (TPSA) is 70.2 Å². The summed E-state index contributed by atoms with van der Waals surface area (Å²) in [5.41, 5.74) is 1.16. The van der Waals surface area contributed by atoms with Crippen LogP contribution in [0.3, 0.4) is 0 Å². The first-order valence-electron chi connectivity index (χ1n) is 8.28. The van der Waals surface area contributed by atoms with Gasteiger partial charge in [0.15, 0.2) is 0 Å². The molecule has 6 heteroatoms. The minimum atomic E-state index is -0.405. The molecule has 1 heterocycles. The third kappa shape index (κ3) is 4.42. The van der Waals surface area contributed by atoms with Gasteiger partial charge >= 0.3 is 0 Å². The van der Waals surface area contributed by atoms with E-state index in [-0.39, 0.29) is 11.8 Å². The molecule has 1 aliphatic heterocycles. The van der Waals surface area contributed by atoms with E-state index in [1.54, 1.807) is 24.3 Å². The van der Waals surface area contributed by atoms with E-state index in [0.717, 1.165) is 19.5 Å². The Morgan fingerprint density at radius 1 is 1.08 bits per heavy atom. The molecular formula is C19H20FN3O2. The first kappa shape index (κ1) is 17.1. The van der Waals surface area contributed by atoms with Gasteiger partial charge in [-0.1, -0.05) is 12.1 Å². The predicted octanol–water partition coefficient (Wildman–Crippen LogP) is 2.42. The zero-order valence-electron chi connectivity index (χ0n) is 13.7. The van der Waals surface area contributed by atoms with Crippen molar-refractivity contribution in [3.8, 4) is 0 Å². The van der Waals surface area contributed by atoms with Gasteiger partial charge in [-0.2, -0.15) is 0 Å². The summed E-state index contributed by atoms with van der Waals surface area (Å²) in [7, 11) is 0. The Hall–Kier alpha value is -2.73. The van der Waals surface area contributed by atoms with Crippen molar-refractivity contribution in [3.05, 3.63) is 65.5 Å². The molecule has 0 saturated carbocycles. The van der Waals surface area contributed by atoms with Gasteiger partial charge in [-0.3, -0.25) is 9.59 Å². The molecule has 0 spiro atoms. The molecule has 2 amide bonds. The number of halogens is 1. The highest BCUT2D eigenvalue weighted by Gasteiger charge is 2.18. The summed E-state index contributed by atoms with van der Waals surface area (Å²) in [4.78, 5) is 24.7. The van der Waals surface area contributed by atoms with Crippen LogP contribution in [0.2, 0.25) is 0 Å². The minimum Gasteiger partial charge on any atom is -0.352 e. The Balaban J connectivity index is 1.68. The molecule has 1 unspecified atom stereocenters. The molecule has 3 rings (SSSR count). The van der Waals surface area contributed by atoms with Crippen LogP contribution in [0.5, 0.6) is 0 Å². The fourth-order valence-corrected chi connectivity index (χ4v) is 2.81. The Bertz CT molecular complexity index is 756. The molecule has 1 atom stereocenters. The Morgan fingerprint density at radius 3 is 2.56 bits per heavy atom. The molecule has 130 valence electrons. The van der Waals surface area contributed by atoms with Crippen molar-refractivity contribution >= 4 is 17.5 Å². The van der Waals surface area contributed by atoms with Crippen molar-refractivity contribution in [1.82, 2.24) is 10.6 Å². The molecule has 0 aromatic heterocycles. The van der Waals surface area contributed by atoms with Gasteiger partial charge in [0.05, 0.1) is 11.3 Å². The molecule has 1 fully saturated rings.